The van der Waals surface area contributed by atoms with Crippen molar-refractivity contribution in [2.75, 3.05) is 20.2 Å². The molecule has 4 N–H and O–H groups in total. The van der Waals surface area contributed by atoms with Crippen molar-refractivity contribution in [2.24, 2.45) is 17.6 Å². The summed E-state index contributed by atoms with van der Waals surface area (Å²) in [4.78, 5) is 39.6. The Morgan fingerprint density at radius 3 is 2.29 bits per heavy atom. The van der Waals surface area contributed by atoms with Crippen LogP contribution in [0.4, 0.5) is 0 Å². The van der Waals surface area contributed by atoms with E-state index in [4.69, 9.17) is 10.5 Å². The Bertz CT molecular complexity index is 884. The minimum Gasteiger partial charge on any atom is -0.467 e. The molecule has 8 nitrogen and oxygen atoms in total. The van der Waals surface area contributed by atoms with Crippen LogP contribution in [0.3, 0.4) is 0 Å². The zero-order valence-corrected chi connectivity index (χ0v) is 21.9. The van der Waals surface area contributed by atoms with E-state index in [0.29, 0.717) is 19.5 Å². The van der Waals surface area contributed by atoms with Crippen molar-refractivity contribution in [2.45, 2.75) is 71.6 Å². The number of amides is 2. The number of hydrogen-bond acceptors (Lipinski definition) is 6. The molecule has 1 aromatic rings. The number of benzene rings is 1. The Morgan fingerprint density at radius 1 is 1.06 bits per heavy atom. The molecule has 5 atom stereocenters. The monoisotopic (exact) mass is 486 g/mol. The zero-order chi connectivity index (χ0) is 26.1. The fraction of sp³-hybridized carbons (Fsp3) is 0.593. The van der Waals surface area contributed by atoms with Crippen LogP contribution >= 0.6 is 0 Å². The molecule has 8 heteroatoms. The van der Waals surface area contributed by atoms with E-state index in [-0.39, 0.29) is 29.7 Å². The van der Waals surface area contributed by atoms with Gasteiger partial charge in [-0.05, 0) is 51.0 Å². The van der Waals surface area contributed by atoms with Crippen LogP contribution in [0.15, 0.2) is 42.0 Å². The molecule has 0 saturated carbocycles. The van der Waals surface area contributed by atoms with Crippen molar-refractivity contribution in [1.29, 1.82) is 0 Å². The first kappa shape index (κ1) is 28.5. The van der Waals surface area contributed by atoms with Crippen molar-refractivity contribution in [3.05, 3.63) is 47.5 Å². The second-order valence-electron chi connectivity index (χ2n) is 9.88. The number of carbonyl (C=O) groups is 3. The van der Waals surface area contributed by atoms with Gasteiger partial charge in [0.1, 0.15) is 6.04 Å². The third-order valence-corrected chi connectivity index (χ3v) is 6.62. The minimum atomic E-state index is -0.691. The van der Waals surface area contributed by atoms with Crippen molar-refractivity contribution in [1.82, 2.24) is 15.5 Å². The lowest BCUT2D eigenvalue weighted by atomic mass is 9.94. The lowest BCUT2D eigenvalue weighted by molar-refractivity contribution is -0.147. The normalized spacial score (nSPS) is 20.1. The standard InChI is InChI=1S/C27H42N4O4/c1-17(2)24(27(34)35-6)30-26(33)20(5)31-13-12-23(19(4)29-25(32)18(3)28)15-22(16-31)14-21-10-8-7-9-11-21/h7-11,15,17-20,22,24H,12-14,16,28H2,1-6H3,(H,29,32)(H,30,33)/t18-,19?,20?,22?,24-/m0/s1. The van der Waals surface area contributed by atoms with Crippen LogP contribution in [0, 0.1) is 11.8 Å². The summed E-state index contributed by atoms with van der Waals surface area (Å²) < 4.78 is 4.87. The molecule has 0 saturated heterocycles. The Kier molecular flexibility index (Phi) is 10.9. The van der Waals surface area contributed by atoms with Crippen LogP contribution in [-0.4, -0.2) is 67.1 Å². The van der Waals surface area contributed by atoms with E-state index in [1.54, 1.807) is 6.92 Å². The molecule has 0 radical (unpaired) electrons. The summed E-state index contributed by atoms with van der Waals surface area (Å²) in [6.45, 7) is 10.6. The highest BCUT2D eigenvalue weighted by Gasteiger charge is 2.31. The van der Waals surface area contributed by atoms with Gasteiger partial charge in [0.05, 0.1) is 19.2 Å². The number of esters is 1. The Hall–Kier alpha value is -2.71. The zero-order valence-electron chi connectivity index (χ0n) is 21.9. The predicted molar refractivity (Wildman–Crippen MR) is 137 cm³/mol. The van der Waals surface area contributed by atoms with Crippen molar-refractivity contribution in [3.8, 4) is 0 Å². The second-order valence-corrected chi connectivity index (χ2v) is 9.88. The van der Waals surface area contributed by atoms with Gasteiger partial charge in [-0.25, -0.2) is 4.79 Å². The quantitative estimate of drug-likeness (QED) is 0.345. The van der Waals surface area contributed by atoms with Crippen molar-refractivity contribution >= 4 is 17.8 Å². The van der Waals surface area contributed by atoms with Crippen molar-refractivity contribution < 1.29 is 19.1 Å². The number of ether oxygens (including phenoxy) is 1. The van der Waals surface area contributed by atoms with Gasteiger partial charge in [-0.15, -0.1) is 0 Å². The maximum absolute atomic E-state index is 13.1. The Labute approximate surface area is 209 Å². The summed E-state index contributed by atoms with van der Waals surface area (Å²) in [5.41, 5.74) is 8.09. The number of hydrogen-bond donors (Lipinski definition) is 3. The van der Waals surface area contributed by atoms with Crippen molar-refractivity contribution in [3.63, 3.8) is 0 Å². The number of nitrogens with two attached hydrogens (primary N) is 1. The topological polar surface area (TPSA) is 114 Å². The predicted octanol–water partition coefficient (Wildman–Crippen LogP) is 2.03. The van der Waals surface area contributed by atoms with Crippen LogP contribution < -0.4 is 16.4 Å². The van der Waals surface area contributed by atoms with E-state index in [2.05, 4.69) is 33.7 Å². The molecule has 1 heterocycles. The third kappa shape index (κ3) is 8.47. The van der Waals surface area contributed by atoms with E-state index in [9.17, 15) is 14.4 Å². The summed E-state index contributed by atoms with van der Waals surface area (Å²) in [5.74, 6) is -0.762. The van der Waals surface area contributed by atoms with E-state index in [1.807, 2.05) is 45.9 Å². The molecule has 1 aliphatic heterocycles. The number of carbonyl (C=O) groups excluding carboxylic acids is 3. The van der Waals surface area contributed by atoms with E-state index >= 15 is 0 Å². The van der Waals surface area contributed by atoms with Gasteiger partial charge >= 0.3 is 5.97 Å². The summed E-state index contributed by atoms with van der Waals surface area (Å²) >= 11 is 0. The smallest absolute Gasteiger partial charge is 0.328 e. The molecule has 194 valence electrons. The third-order valence-electron chi connectivity index (χ3n) is 6.62. The van der Waals surface area contributed by atoms with Gasteiger partial charge in [0, 0.05) is 19.1 Å². The lowest BCUT2D eigenvalue weighted by Gasteiger charge is -2.31. The first-order valence-corrected chi connectivity index (χ1v) is 12.5. The summed E-state index contributed by atoms with van der Waals surface area (Å²) in [6.07, 6.45) is 3.78. The first-order valence-electron chi connectivity index (χ1n) is 12.5. The molecule has 1 aromatic carbocycles. The molecule has 0 bridgehead atoms. The van der Waals surface area contributed by atoms with E-state index < -0.39 is 24.1 Å². The fourth-order valence-corrected chi connectivity index (χ4v) is 4.36. The second kappa shape index (κ2) is 13.4. The average Bonchev–Trinajstić information content (AvgIpc) is 3.04. The van der Waals surface area contributed by atoms with Crippen LogP contribution in [0.1, 0.15) is 46.6 Å². The average molecular weight is 487 g/mol. The molecule has 35 heavy (non-hydrogen) atoms. The molecule has 0 spiro atoms. The van der Waals surface area contributed by atoms with Crippen LogP contribution in [0.2, 0.25) is 0 Å². The maximum atomic E-state index is 13.1. The molecule has 3 unspecified atom stereocenters. The van der Waals surface area contributed by atoms with E-state index in [1.165, 1.54) is 12.7 Å². The molecule has 0 fully saturated rings. The highest BCUT2D eigenvalue weighted by Crippen LogP contribution is 2.23. The van der Waals surface area contributed by atoms with Gasteiger partial charge in [-0.3, -0.25) is 14.5 Å². The van der Waals surface area contributed by atoms with Gasteiger partial charge in [-0.2, -0.15) is 0 Å². The highest BCUT2D eigenvalue weighted by molar-refractivity contribution is 5.87. The number of methoxy groups -OCH3 is 1. The number of nitrogens with zero attached hydrogens (tertiary/aromatic N) is 1. The number of nitrogens with one attached hydrogen (secondary N) is 2. The summed E-state index contributed by atoms with van der Waals surface area (Å²) in [7, 11) is 1.33. The maximum Gasteiger partial charge on any atom is 0.328 e. The van der Waals surface area contributed by atoms with Crippen LogP contribution in [0.5, 0.6) is 0 Å². The van der Waals surface area contributed by atoms with Crippen LogP contribution in [0.25, 0.3) is 0 Å². The summed E-state index contributed by atoms with van der Waals surface area (Å²) in [5, 5.41) is 5.88. The van der Waals surface area contributed by atoms with Gasteiger partial charge in [0.25, 0.3) is 0 Å². The SMILES string of the molecule is COC(=O)[C@@H](NC(=O)C(C)N1CCC(C(C)NC(=O)[C@H](C)N)=CC(Cc2ccccc2)C1)C(C)C. The highest BCUT2D eigenvalue weighted by atomic mass is 16.5. The molecule has 2 rings (SSSR count). The molecule has 0 aromatic heterocycles. The van der Waals surface area contributed by atoms with Gasteiger partial charge in [0.2, 0.25) is 11.8 Å². The van der Waals surface area contributed by atoms with Gasteiger partial charge in [-0.1, -0.05) is 55.8 Å². The van der Waals surface area contributed by atoms with Gasteiger partial charge < -0.3 is 21.1 Å². The van der Waals surface area contributed by atoms with Crippen LogP contribution in [-0.2, 0) is 25.5 Å². The Morgan fingerprint density at radius 2 is 1.71 bits per heavy atom. The molecule has 2 amide bonds. The lowest BCUT2D eigenvalue weighted by Crippen LogP contribution is -2.53. The Balaban J connectivity index is 2.21. The largest absolute Gasteiger partial charge is 0.467 e. The molecular weight excluding hydrogens is 444 g/mol. The van der Waals surface area contributed by atoms with Gasteiger partial charge in [0.15, 0.2) is 0 Å². The summed E-state index contributed by atoms with van der Waals surface area (Å²) in [6, 6.07) is 8.39. The van der Waals surface area contributed by atoms with E-state index in [0.717, 1.165) is 12.0 Å². The minimum absolute atomic E-state index is 0.0868. The number of rotatable bonds is 10. The molecule has 0 aliphatic carbocycles. The first-order chi connectivity index (χ1) is 16.5. The molecule has 1 aliphatic rings. The fourth-order valence-electron chi connectivity index (χ4n) is 4.36. The molecular formula is C27H42N4O4.